The quantitative estimate of drug-likeness (QED) is 0.833. The lowest BCUT2D eigenvalue weighted by molar-refractivity contribution is 0.300. The molecule has 1 saturated heterocycles. The number of benzene rings is 1. The molecule has 0 radical (unpaired) electrons. The van der Waals surface area contributed by atoms with Gasteiger partial charge in [0.15, 0.2) is 11.5 Å². The Labute approximate surface area is 109 Å². The minimum Gasteiger partial charge on any atom is -0.504 e. The van der Waals surface area contributed by atoms with Crippen LogP contribution in [-0.2, 0) is 6.54 Å². The van der Waals surface area contributed by atoms with Crippen LogP contribution in [0.5, 0.6) is 11.5 Å². The standard InChI is InChI=1S/C14H22N2O2/c1-16-7-3-4-12(16)10-15-9-11-5-6-14(18-2)13(17)8-11/h5-6,8,12,15,17H,3-4,7,9-10H2,1-2H3. The van der Waals surface area contributed by atoms with Gasteiger partial charge in [-0.1, -0.05) is 6.07 Å². The van der Waals surface area contributed by atoms with Gasteiger partial charge >= 0.3 is 0 Å². The van der Waals surface area contributed by atoms with Crippen LogP contribution in [0.4, 0.5) is 0 Å². The van der Waals surface area contributed by atoms with Crippen molar-refractivity contribution in [2.75, 3.05) is 27.2 Å². The SMILES string of the molecule is COc1ccc(CNCC2CCCN2C)cc1O. The number of phenols is 1. The molecule has 1 aromatic carbocycles. The maximum absolute atomic E-state index is 9.68. The molecule has 1 aliphatic rings. The number of rotatable bonds is 5. The van der Waals surface area contributed by atoms with Gasteiger partial charge in [0.05, 0.1) is 7.11 Å². The molecular formula is C14H22N2O2. The van der Waals surface area contributed by atoms with Crippen LogP contribution in [0.1, 0.15) is 18.4 Å². The molecule has 4 heteroatoms. The highest BCUT2D eigenvalue weighted by atomic mass is 16.5. The van der Waals surface area contributed by atoms with E-state index in [4.69, 9.17) is 4.74 Å². The van der Waals surface area contributed by atoms with E-state index in [1.54, 1.807) is 19.2 Å². The molecule has 100 valence electrons. The van der Waals surface area contributed by atoms with Gasteiger partial charge in [0.2, 0.25) is 0 Å². The molecule has 1 unspecified atom stereocenters. The van der Waals surface area contributed by atoms with E-state index in [1.807, 2.05) is 6.07 Å². The van der Waals surface area contributed by atoms with E-state index < -0.39 is 0 Å². The number of likely N-dealkylation sites (N-methyl/N-ethyl adjacent to an activating group) is 1. The molecule has 0 aliphatic carbocycles. The zero-order valence-electron chi connectivity index (χ0n) is 11.1. The average molecular weight is 250 g/mol. The van der Waals surface area contributed by atoms with Crippen molar-refractivity contribution in [3.05, 3.63) is 23.8 Å². The van der Waals surface area contributed by atoms with Crippen molar-refractivity contribution in [3.8, 4) is 11.5 Å². The average Bonchev–Trinajstić information content (AvgIpc) is 2.75. The number of hydrogen-bond donors (Lipinski definition) is 2. The summed E-state index contributed by atoms with van der Waals surface area (Å²) in [5.74, 6) is 0.726. The summed E-state index contributed by atoms with van der Waals surface area (Å²) in [6.07, 6.45) is 2.57. The monoisotopic (exact) mass is 250 g/mol. The number of aromatic hydroxyl groups is 1. The van der Waals surface area contributed by atoms with E-state index in [0.717, 1.165) is 18.7 Å². The molecule has 2 rings (SSSR count). The van der Waals surface area contributed by atoms with Gasteiger partial charge in [-0.15, -0.1) is 0 Å². The van der Waals surface area contributed by atoms with E-state index in [9.17, 15) is 5.11 Å². The van der Waals surface area contributed by atoms with Crippen LogP contribution in [0.25, 0.3) is 0 Å². The Morgan fingerprint density at radius 1 is 1.50 bits per heavy atom. The number of ether oxygens (including phenoxy) is 1. The minimum atomic E-state index is 0.204. The van der Waals surface area contributed by atoms with E-state index in [1.165, 1.54) is 19.4 Å². The van der Waals surface area contributed by atoms with Crippen molar-refractivity contribution in [1.29, 1.82) is 0 Å². The summed E-state index contributed by atoms with van der Waals surface area (Å²) >= 11 is 0. The maximum atomic E-state index is 9.68. The lowest BCUT2D eigenvalue weighted by Crippen LogP contribution is -2.35. The summed E-state index contributed by atoms with van der Waals surface area (Å²) in [6.45, 7) is 2.99. The zero-order valence-corrected chi connectivity index (χ0v) is 11.1. The van der Waals surface area contributed by atoms with E-state index in [-0.39, 0.29) is 5.75 Å². The number of nitrogens with zero attached hydrogens (tertiary/aromatic N) is 1. The first kappa shape index (κ1) is 13.2. The van der Waals surface area contributed by atoms with Crippen molar-refractivity contribution in [3.63, 3.8) is 0 Å². The van der Waals surface area contributed by atoms with Crippen LogP contribution in [0.2, 0.25) is 0 Å². The maximum Gasteiger partial charge on any atom is 0.160 e. The van der Waals surface area contributed by atoms with Crippen LogP contribution in [0.3, 0.4) is 0 Å². The van der Waals surface area contributed by atoms with Crippen molar-refractivity contribution in [2.24, 2.45) is 0 Å². The molecule has 1 aliphatic heterocycles. The van der Waals surface area contributed by atoms with E-state index >= 15 is 0 Å². The molecule has 1 fully saturated rings. The molecule has 0 saturated carbocycles. The van der Waals surface area contributed by atoms with Gasteiger partial charge < -0.3 is 20.1 Å². The lowest BCUT2D eigenvalue weighted by Gasteiger charge is -2.19. The fourth-order valence-corrected chi connectivity index (χ4v) is 2.47. The van der Waals surface area contributed by atoms with Crippen LogP contribution in [0.15, 0.2) is 18.2 Å². The minimum absolute atomic E-state index is 0.204. The molecule has 0 bridgehead atoms. The molecule has 1 heterocycles. The van der Waals surface area contributed by atoms with Crippen molar-refractivity contribution < 1.29 is 9.84 Å². The number of hydrogen-bond acceptors (Lipinski definition) is 4. The predicted molar refractivity (Wildman–Crippen MR) is 72.0 cm³/mol. The lowest BCUT2D eigenvalue weighted by atomic mass is 10.2. The topological polar surface area (TPSA) is 44.7 Å². The van der Waals surface area contributed by atoms with Crippen molar-refractivity contribution in [1.82, 2.24) is 10.2 Å². The highest BCUT2D eigenvalue weighted by Crippen LogP contribution is 2.26. The van der Waals surface area contributed by atoms with Gasteiger partial charge in [-0.3, -0.25) is 0 Å². The molecule has 1 atom stereocenters. The van der Waals surface area contributed by atoms with Gasteiger partial charge in [0.25, 0.3) is 0 Å². The molecule has 0 aromatic heterocycles. The largest absolute Gasteiger partial charge is 0.504 e. The number of nitrogens with one attached hydrogen (secondary N) is 1. The first-order valence-corrected chi connectivity index (χ1v) is 6.47. The van der Waals surface area contributed by atoms with Gasteiger partial charge in [-0.05, 0) is 44.1 Å². The number of likely N-dealkylation sites (tertiary alicyclic amines) is 1. The summed E-state index contributed by atoms with van der Waals surface area (Å²) in [5, 5.41) is 13.1. The second-order valence-electron chi connectivity index (χ2n) is 4.91. The summed E-state index contributed by atoms with van der Waals surface area (Å²) < 4.78 is 5.02. The first-order valence-electron chi connectivity index (χ1n) is 6.47. The third-order valence-electron chi connectivity index (χ3n) is 3.62. The summed E-state index contributed by atoms with van der Waals surface area (Å²) in [7, 11) is 3.74. The molecule has 18 heavy (non-hydrogen) atoms. The van der Waals surface area contributed by atoms with Crippen molar-refractivity contribution in [2.45, 2.75) is 25.4 Å². The summed E-state index contributed by atoms with van der Waals surface area (Å²) in [6, 6.07) is 6.18. The van der Waals surface area contributed by atoms with E-state index in [2.05, 4.69) is 17.3 Å². The second kappa shape index (κ2) is 6.07. The Morgan fingerprint density at radius 2 is 2.33 bits per heavy atom. The molecule has 4 nitrogen and oxygen atoms in total. The number of phenolic OH excluding ortho intramolecular Hbond substituents is 1. The van der Waals surface area contributed by atoms with Crippen LogP contribution in [-0.4, -0.2) is 43.3 Å². The third kappa shape index (κ3) is 3.15. The Hall–Kier alpha value is -1.26. The fourth-order valence-electron chi connectivity index (χ4n) is 2.47. The van der Waals surface area contributed by atoms with Gasteiger partial charge in [0, 0.05) is 19.1 Å². The Balaban J connectivity index is 1.81. The molecule has 2 N–H and O–H groups in total. The molecule has 0 amide bonds. The Morgan fingerprint density at radius 3 is 2.94 bits per heavy atom. The molecular weight excluding hydrogens is 228 g/mol. The van der Waals surface area contributed by atoms with Gasteiger partial charge in [-0.2, -0.15) is 0 Å². The van der Waals surface area contributed by atoms with Crippen LogP contribution >= 0.6 is 0 Å². The number of methoxy groups -OCH3 is 1. The van der Waals surface area contributed by atoms with Crippen LogP contribution in [0, 0.1) is 0 Å². The van der Waals surface area contributed by atoms with Gasteiger partial charge in [0.1, 0.15) is 0 Å². The first-order chi connectivity index (χ1) is 8.70. The van der Waals surface area contributed by atoms with E-state index in [0.29, 0.717) is 11.8 Å². The summed E-state index contributed by atoms with van der Waals surface area (Å²) in [4.78, 5) is 2.40. The third-order valence-corrected chi connectivity index (χ3v) is 3.62. The fraction of sp³-hybridized carbons (Fsp3) is 0.571. The smallest absolute Gasteiger partial charge is 0.160 e. The molecule has 0 spiro atoms. The van der Waals surface area contributed by atoms with Crippen molar-refractivity contribution >= 4 is 0 Å². The molecule has 1 aromatic rings. The normalized spacial score (nSPS) is 20.2. The highest BCUT2D eigenvalue weighted by Gasteiger charge is 2.19. The summed E-state index contributed by atoms with van der Waals surface area (Å²) in [5.41, 5.74) is 1.08. The van der Waals surface area contributed by atoms with Crippen LogP contribution < -0.4 is 10.1 Å². The Kier molecular flexibility index (Phi) is 4.44. The van der Waals surface area contributed by atoms with Gasteiger partial charge in [-0.25, -0.2) is 0 Å². The Bertz CT molecular complexity index is 395. The second-order valence-corrected chi connectivity index (χ2v) is 4.91. The highest BCUT2D eigenvalue weighted by molar-refractivity contribution is 5.41. The predicted octanol–water partition coefficient (Wildman–Crippen LogP) is 1.58. The zero-order chi connectivity index (χ0) is 13.0.